The standard InChI is InChI=1S/C28H34N2O4/c1-5-19-34-23-15-13-21(14-16-23)25-24(26(31)22-11-9-20(4)10-12-22)27(32)28(33)30(25)18-8-17-29(6-2)7-3/h5,9-16,25,31H,1,6-8,17-19H2,2-4H3. The maximum Gasteiger partial charge on any atom is 0.295 e. The van der Waals surface area contributed by atoms with Gasteiger partial charge in [0.15, 0.2) is 0 Å². The summed E-state index contributed by atoms with van der Waals surface area (Å²) in [4.78, 5) is 30.1. The molecule has 0 aromatic heterocycles. The number of aryl methyl sites for hydroxylation is 1. The van der Waals surface area contributed by atoms with Crippen molar-refractivity contribution in [3.63, 3.8) is 0 Å². The largest absolute Gasteiger partial charge is 0.507 e. The third kappa shape index (κ3) is 5.57. The predicted molar refractivity (Wildman–Crippen MR) is 135 cm³/mol. The Balaban J connectivity index is 2.00. The summed E-state index contributed by atoms with van der Waals surface area (Å²) in [7, 11) is 0. The minimum absolute atomic E-state index is 0.122. The summed E-state index contributed by atoms with van der Waals surface area (Å²) < 4.78 is 5.58. The van der Waals surface area contributed by atoms with Gasteiger partial charge in [0.25, 0.3) is 11.7 Å². The number of ketones is 1. The van der Waals surface area contributed by atoms with Gasteiger partial charge in [-0.3, -0.25) is 9.59 Å². The zero-order valence-electron chi connectivity index (χ0n) is 20.3. The molecule has 0 aliphatic carbocycles. The van der Waals surface area contributed by atoms with Gasteiger partial charge in [0.1, 0.15) is 18.1 Å². The van der Waals surface area contributed by atoms with Crippen molar-refractivity contribution in [3.8, 4) is 5.75 Å². The van der Waals surface area contributed by atoms with Crippen LogP contribution in [0.25, 0.3) is 5.76 Å². The smallest absolute Gasteiger partial charge is 0.295 e. The molecule has 1 aliphatic rings. The van der Waals surface area contributed by atoms with Crippen molar-refractivity contribution in [2.45, 2.75) is 33.2 Å². The second-order valence-corrected chi connectivity index (χ2v) is 8.41. The van der Waals surface area contributed by atoms with Crippen molar-refractivity contribution >= 4 is 17.4 Å². The average Bonchev–Trinajstić information content (AvgIpc) is 3.10. The summed E-state index contributed by atoms with van der Waals surface area (Å²) in [6.07, 6.45) is 2.40. The summed E-state index contributed by atoms with van der Waals surface area (Å²) in [5.74, 6) is -0.717. The molecule has 0 spiro atoms. The Labute approximate surface area is 202 Å². The summed E-state index contributed by atoms with van der Waals surface area (Å²) in [5, 5.41) is 11.1. The normalized spacial score (nSPS) is 17.4. The van der Waals surface area contributed by atoms with Gasteiger partial charge < -0.3 is 19.6 Å². The van der Waals surface area contributed by atoms with E-state index in [-0.39, 0.29) is 11.3 Å². The molecular weight excluding hydrogens is 428 g/mol. The number of likely N-dealkylation sites (tertiary alicyclic amines) is 1. The van der Waals surface area contributed by atoms with Gasteiger partial charge in [0, 0.05) is 12.1 Å². The number of amides is 1. The molecule has 1 atom stereocenters. The van der Waals surface area contributed by atoms with E-state index in [9.17, 15) is 14.7 Å². The number of aliphatic hydroxyl groups excluding tert-OH is 1. The van der Waals surface area contributed by atoms with Crippen molar-refractivity contribution < 1.29 is 19.4 Å². The SMILES string of the molecule is C=CCOc1ccc(C2C(=C(O)c3ccc(C)cc3)C(=O)C(=O)N2CCCN(CC)CC)cc1. The Morgan fingerprint density at radius 3 is 2.32 bits per heavy atom. The van der Waals surface area contributed by atoms with Gasteiger partial charge in [0.2, 0.25) is 0 Å². The summed E-state index contributed by atoms with van der Waals surface area (Å²) in [6, 6.07) is 13.9. The van der Waals surface area contributed by atoms with Gasteiger partial charge in [-0.2, -0.15) is 0 Å². The van der Waals surface area contributed by atoms with Crippen LogP contribution in [0, 0.1) is 6.92 Å². The second-order valence-electron chi connectivity index (χ2n) is 8.41. The number of Topliss-reactive ketones (excluding diaryl/α,β-unsaturated/α-hetero) is 1. The molecule has 0 bridgehead atoms. The highest BCUT2D eigenvalue weighted by Crippen LogP contribution is 2.40. The lowest BCUT2D eigenvalue weighted by atomic mass is 9.95. The van der Waals surface area contributed by atoms with Gasteiger partial charge in [-0.15, -0.1) is 0 Å². The van der Waals surface area contributed by atoms with Crippen molar-refractivity contribution in [2.24, 2.45) is 0 Å². The zero-order valence-corrected chi connectivity index (χ0v) is 20.3. The highest BCUT2D eigenvalue weighted by molar-refractivity contribution is 6.46. The number of carbonyl (C=O) groups excluding carboxylic acids is 2. The lowest BCUT2D eigenvalue weighted by Gasteiger charge is -2.27. The van der Waals surface area contributed by atoms with E-state index in [1.54, 1.807) is 35.2 Å². The van der Waals surface area contributed by atoms with E-state index < -0.39 is 17.7 Å². The number of nitrogens with zero attached hydrogens (tertiary/aromatic N) is 2. The maximum atomic E-state index is 13.1. The van der Waals surface area contributed by atoms with Crippen LogP contribution in [0.3, 0.4) is 0 Å². The molecular formula is C28H34N2O4. The molecule has 0 radical (unpaired) electrons. The molecule has 3 rings (SSSR count). The molecule has 1 fully saturated rings. The molecule has 6 nitrogen and oxygen atoms in total. The summed E-state index contributed by atoms with van der Waals surface area (Å²) in [5.41, 5.74) is 2.43. The van der Waals surface area contributed by atoms with Crippen molar-refractivity contribution in [3.05, 3.63) is 83.4 Å². The van der Waals surface area contributed by atoms with E-state index in [0.29, 0.717) is 24.5 Å². The molecule has 2 aromatic carbocycles. The van der Waals surface area contributed by atoms with Crippen LogP contribution < -0.4 is 4.74 Å². The third-order valence-corrected chi connectivity index (χ3v) is 6.20. The fraction of sp³-hybridized carbons (Fsp3) is 0.357. The van der Waals surface area contributed by atoms with E-state index in [1.807, 2.05) is 31.2 Å². The molecule has 1 aliphatic heterocycles. The number of benzene rings is 2. The number of ether oxygens (including phenoxy) is 1. The second kappa shape index (κ2) is 11.7. The molecule has 180 valence electrons. The Morgan fingerprint density at radius 1 is 1.09 bits per heavy atom. The quantitative estimate of drug-likeness (QED) is 0.227. The summed E-state index contributed by atoms with van der Waals surface area (Å²) >= 11 is 0. The molecule has 1 amide bonds. The number of rotatable bonds is 11. The first kappa shape index (κ1) is 25.2. The lowest BCUT2D eigenvalue weighted by Crippen LogP contribution is -2.33. The fourth-order valence-electron chi connectivity index (χ4n) is 4.23. The highest BCUT2D eigenvalue weighted by atomic mass is 16.5. The monoisotopic (exact) mass is 462 g/mol. The first-order valence-electron chi connectivity index (χ1n) is 11.8. The first-order valence-corrected chi connectivity index (χ1v) is 11.8. The fourth-order valence-corrected chi connectivity index (χ4v) is 4.23. The van der Waals surface area contributed by atoms with Crippen LogP contribution in [-0.4, -0.2) is 59.4 Å². The molecule has 6 heteroatoms. The molecule has 2 aromatic rings. The number of aliphatic hydroxyl groups is 1. The topological polar surface area (TPSA) is 70.1 Å². The number of carbonyl (C=O) groups is 2. The number of hydrogen-bond acceptors (Lipinski definition) is 5. The molecule has 1 heterocycles. The van der Waals surface area contributed by atoms with Crippen LogP contribution in [0.5, 0.6) is 5.75 Å². The Kier molecular flexibility index (Phi) is 8.66. The van der Waals surface area contributed by atoms with Crippen LogP contribution in [0.15, 0.2) is 66.8 Å². The van der Waals surface area contributed by atoms with E-state index >= 15 is 0 Å². The zero-order chi connectivity index (χ0) is 24.7. The van der Waals surface area contributed by atoms with Crippen molar-refractivity contribution in [2.75, 3.05) is 32.8 Å². The molecule has 1 saturated heterocycles. The maximum absolute atomic E-state index is 13.1. The minimum Gasteiger partial charge on any atom is -0.507 e. The predicted octanol–water partition coefficient (Wildman–Crippen LogP) is 4.71. The Bertz CT molecular complexity index is 1040. The van der Waals surface area contributed by atoms with Gasteiger partial charge >= 0.3 is 0 Å². The van der Waals surface area contributed by atoms with Crippen LogP contribution in [0.4, 0.5) is 0 Å². The molecule has 1 N–H and O–H groups in total. The number of hydrogen-bond donors (Lipinski definition) is 1. The van der Waals surface area contributed by atoms with E-state index in [2.05, 4.69) is 25.3 Å². The highest BCUT2D eigenvalue weighted by Gasteiger charge is 2.45. The average molecular weight is 463 g/mol. The molecule has 0 saturated carbocycles. The van der Waals surface area contributed by atoms with Gasteiger partial charge in [0.05, 0.1) is 11.6 Å². The van der Waals surface area contributed by atoms with Crippen LogP contribution >= 0.6 is 0 Å². The van der Waals surface area contributed by atoms with E-state index in [4.69, 9.17) is 4.74 Å². The van der Waals surface area contributed by atoms with Gasteiger partial charge in [-0.25, -0.2) is 0 Å². The summed E-state index contributed by atoms with van der Waals surface area (Å²) in [6.45, 7) is 13.3. The van der Waals surface area contributed by atoms with Crippen molar-refractivity contribution in [1.82, 2.24) is 9.80 Å². The van der Waals surface area contributed by atoms with Crippen LogP contribution in [-0.2, 0) is 9.59 Å². The third-order valence-electron chi connectivity index (χ3n) is 6.20. The van der Waals surface area contributed by atoms with Gasteiger partial charge in [-0.1, -0.05) is 68.5 Å². The Morgan fingerprint density at radius 2 is 1.74 bits per heavy atom. The molecule has 1 unspecified atom stereocenters. The first-order chi connectivity index (χ1) is 16.4. The minimum atomic E-state index is -0.661. The van der Waals surface area contributed by atoms with Crippen LogP contribution in [0.1, 0.15) is 43.0 Å². The van der Waals surface area contributed by atoms with Crippen LogP contribution in [0.2, 0.25) is 0 Å². The van der Waals surface area contributed by atoms with Gasteiger partial charge in [-0.05, 0) is 50.7 Å². The lowest BCUT2D eigenvalue weighted by molar-refractivity contribution is -0.140. The molecule has 34 heavy (non-hydrogen) atoms. The van der Waals surface area contributed by atoms with E-state index in [0.717, 1.165) is 37.2 Å². The van der Waals surface area contributed by atoms with E-state index in [1.165, 1.54) is 0 Å². The Hall–Kier alpha value is -3.38. The van der Waals surface area contributed by atoms with Crippen molar-refractivity contribution in [1.29, 1.82) is 0 Å².